The van der Waals surface area contributed by atoms with Gasteiger partial charge in [0.2, 0.25) is 0 Å². The van der Waals surface area contributed by atoms with Crippen LogP contribution in [0.1, 0.15) is 48.3 Å². The summed E-state index contributed by atoms with van der Waals surface area (Å²) in [6.45, 7) is 0. The summed E-state index contributed by atoms with van der Waals surface area (Å²) >= 11 is 0. The largest absolute Gasteiger partial charge is 0.338 e. The van der Waals surface area contributed by atoms with Crippen molar-refractivity contribution >= 4 is 39.6 Å². The van der Waals surface area contributed by atoms with E-state index in [1.165, 1.54) is 55.9 Å². The second-order valence-electron chi connectivity index (χ2n) is 12.2. The zero-order chi connectivity index (χ0) is 28.8. The second kappa shape index (κ2) is 10.6. The molecule has 4 aromatic rings. The number of quaternary nitrogens is 1. The van der Waals surface area contributed by atoms with E-state index in [2.05, 4.69) is 158 Å². The highest BCUT2D eigenvalue weighted by Crippen LogP contribution is 2.52. The lowest BCUT2D eigenvalue weighted by molar-refractivity contribution is 0.395. The summed E-state index contributed by atoms with van der Waals surface area (Å²) in [6.07, 6.45) is 27.6. The van der Waals surface area contributed by atoms with Gasteiger partial charge < -0.3 is 4.90 Å². The number of hydrogen-bond donors (Lipinski definition) is 0. The molecule has 4 aliphatic carbocycles. The molecule has 2 heteroatoms. The Morgan fingerprint density at radius 2 is 1.51 bits per heavy atom. The minimum Gasteiger partial charge on any atom is -0.338 e. The van der Waals surface area contributed by atoms with Crippen LogP contribution in [0.4, 0.5) is 17.1 Å². The Balaban J connectivity index is 1.35. The van der Waals surface area contributed by atoms with Crippen LogP contribution in [0.25, 0.3) is 22.5 Å². The van der Waals surface area contributed by atoms with E-state index in [1.807, 2.05) is 0 Å². The predicted molar refractivity (Wildman–Crippen MR) is 183 cm³/mol. The molecule has 210 valence electrons. The molecule has 4 aliphatic rings. The van der Waals surface area contributed by atoms with Gasteiger partial charge in [0.15, 0.2) is 5.69 Å². The van der Waals surface area contributed by atoms with Crippen molar-refractivity contribution in [3.05, 3.63) is 162 Å². The van der Waals surface area contributed by atoms with Gasteiger partial charge in [0.05, 0.1) is 13.1 Å². The highest BCUT2D eigenvalue weighted by molar-refractivity contribution is 6.04. The van der Waals surface area contributed by atoms with E-state index >= 15 is 0 Å². The molecule has 0 spiro atoms. The molecular weight excluding hydrogens is 520 g/mol. The fourth-order valence-corrected chi connectivity index (χ4v) is 7.69. The van der Waals surface area contributed by atoms with Gasteiger partial charge in [-0.2, -0.15) is 0 Å². The number of para-hydroxylation sites is 2. The first-order valence-electron chi connectivity index (χ1n) is 15.7. The van der Waals surface area contributed by atoms with Gasteiger partial charge in [-0.3, -0.25) is 0 Å². The molecule has 2 atom stereocenters. The Bertz CT molecular complexity index is 1850. The first-order chi connectivity index (χ1) is 21.2. The van der Waals surface area contributed by atoms with Crippen LogP contribution in [-0.4, -0.2) is 18.0 Å². The van der Waals surface area contributed by atoms with E-state index in [0.717, 1.165) is 25.7 Å². The minimum atomic E-state index is 0.328. The van der Waals surface area contributed by atoms with Crippen molar-refractivity contribution in [1.82, 2.24) is 9.38 Å². The fourth-order valence-electron chi connectivity index (χ4n) is 7.69. The van der Waals surface area contributed by atoms with Gasteiger partial charge in [-0.1, -0.05) is 103 Å². The summed E-state index contributed by atoms with van der Waals surface area (Å²) in [7, 11) is 2.34. The monoisotopic (exact) mass is 557 g/mol. The summed E-state index contributed by atoms with van der Waals surface area (Å²) in [5, 5.41) is 2.74. The maximum absolute atomic E-state index is 2.65. The van der Waals surface area contributed by atoms with Crippen LogP contribution in [0, 0.1) is 0 Å². The van der Waals surface area contributed by atoms with E-state index < -0.39 is 0 Å². The average Bonchev–Trinajstić information content (AvgIpc) is 3.09. The molecule has 0 N–H and O–H groups in total. The Morgan fingerprint density at radius 1 is 0.744 bits per heavy atom. The second-order valence-corrected chi connectivity index (χ2v) is 12.2. The molecule has 0 radical (unpaired) electrons. The molecule has 2 unspecified atom stereocenters. The first-order valence-corrected chi connectivity index (χ1v) is 15.7. The van der Waals surface area contributed by atoms with Crippen molar-refractivity contribution in [2.75, 3.05) is 7.05 Å². The molecule has 0 bridgehead atoms. The van der Waals surface area contributed by atoms with E-state index in [0.29, 0.717) is 16.4 Å². The molecule has 0 aromatic heterocycles. The Hall–Kier alpha value is -4.66. The molecule has 0 amide bonds. The van der Waals surface area contributed by atoms with Gasteiger partial charge in [0.25, 0.3) is 0 Å². The van der Waals surface area contributed by atoms with Gasteiger partial charge in [0, 0.05) is 34.5 Å². The average molecular weight is 558 g/mol. The highest BCUT2D eigenvalue weighted by Gasteiger charge is 2.37. The van der Waals surface area contributed by atoms with Crippen molar-refractivity contribution in [3.63, 3.8) is 0 Å². The van der Waals surface area contributed by atoms with Gasteiger partial charge in [-0.05, 0) is 78.4 Å². The fraction of sp³-hybridized carbons (Fsp3) is 0.171. The maximum atomic E-state index is 2.65. The van der Waals surface area contributed by atoms with Gasteiger partial charge in [0.1, 0.15) is 11.4 Å². The molecule has 0 fully saturated rings. The van der Waals surface area contributed by atoms with Gasteiger partial charge >= 0.3 is 0 Å². The van der Waals surface area contributed by atoms with E-state index in [1.54, 1.807) is 0 Å². The highest BCUT2D eigenvalue weighted by atomic mass is 15.3. The third-order valence-corrected chi connectivity index (χ3v) is 9.83. The van der Waals surface area contributed by atoms with Crippen LogP contribution in [0.15, 0.2) is 145 Å². The van der Waals surface area contributed by atoms with Crippen LogP contribution in [-0.2, 0) is 0 Å². The number of allylic oxidation sites excluding steroid dienone is 8. The first kappa shape index (κ1) is 26.0. The van der Waals surface area contributed by atoms with Crippen LogP contribution in [0.2, 0.25) is 0 Å². The smallest absolute Gasteiger partial charge is 0.150 e. The molecule has 4 aromatic carbocycles. The van der Waals surface area contributed by atoms with E-state index in [9.17, 15) is 0 Å². The predicted octanol–water partition coefficient (Wildman–Crippen LogP) is 10.7. The standard InChI is InChI=1S/C41H37N2/c1-43(34-18-10-4-11-19-34,35-20-12-5-13-21-35)39-29-25-31-22-26-36-38(28-24-30-23-27-37(39)41(31)40(30)36)42(32-14-6-2-7-15-32)33-16-8-3-9-17-33/h2-8,10-14,16,18-23,25-30,32H,9,15,17,24H2,1H3/q+1. The third-order valence-electron chi connectivity index (χ3n) is 9.83. The Labute approximate surface area is 255 Å². The molecule has 43 heavy (non-hydrogen) atoms. The lowest BCUT2D eigenvalue weighted by Crippen LogP contribution is -2.35. The SMILES string of the molecule is C[N+](c1ccccc1)(c1ccccc1)c1ccc2ccc3c4c2c1C=CC4CC=C3N(C1=CC=CCC1)C1C=CC=CC1. The lowest BCUT2D eigenvalue weighted by atomic mass is 9.76. The van der Waals surface area contributed by atoms with Crippen LogP contribution in [0.5, 0.6) is 0 Å². The quantitative estimate of drug-likeness (QED) is 0.213. The summed E-state index contributed by atoms with van der Waals surface area (Å²) < 4.78 is 0.610. The summed E-state index contributed by atoms with van der Waals surface area (Å²) in [5.74, 6) is 0.390. The molecular formula is C41H37N2+. The van der Waals surface area contributed by atoms with E-state index in [-0.39, 0.29) is 0 Å². The molecule has 0 heterocycles. The summed E-state index contributed by atoms with van der Waals surface area (Å²) in [6, 6.07) is 31.7. The Kier molecular flexibility index (Phi) is 6.39. The lowest BCUT2D eigenvalue weighted by Gasteiger charge is -2.41. The molecule has 0 aliphatic heterocycles. The molecule has 2 nitrogen and oxygen atoms in total. The molecule has 0 saturated heterocycles. The topological polar surface area (TPSA) is 3.24 Å². The minimum absolute atomic E-state index is 0.328. The van der Waals surface area contributed by atoms with E-state index in [4.69, 9.17) is 0 Å². The van der Waals surface area contributed by atoms with Crippen LogP contribution < -0.4 is 4.48 Å². The number of hydrogen-bond acceptors (Lipinski definition) is 1. The zero-order valence-corrected chi connectivity index (χ0v) is 24.7. The van der Waals surface area contributed by atoms with Crippen LogP contribution in [0.3, 0.4) is 0 Å². The normalized spacial score (nSPS) is 20.2. The van der Waals surface area contributed by atoms with Crippen molar-refractivity contribution in [1.29, 1.82) is 0 Å². The zero-order valence-electron chi connectivity index (χ0n) is 24.7. The Morgan fingerprint density at radius 3 is 2.21 bits per heavy atom. The molecule has 8 rings (SSSR count). The van der Waals surface area contributed by atoms with Crippen molar-refractivity contribution in [2.24, 2.45) is 0 Å². The molecule has 0 saturated carbocycles. The van der Waals surface area contributed by atoms with Gasteiger partial charge in [-0.15, -0.1) is 0 Å². The van der Waals surface area contributed by atoms with Gasteiger partial charge in [-0.25, -0.2) is 4.48 Å². The summed E-state index contributed by atoms with van der Waals surface area (Å²) in [4.78, 5) is 2.65. The van der Waals surface area contributed by atoms with Crippen molar-refractivity contribution in [2.45, 2.75) is 37.6 Å². The van der Waals surface area contributed by atoms with Crippen LogP contribution >= 0.6 is 0 Å². The summed E-state index contributed by atoms with van der Waals surface area (Å²) in [5.41, 5.74) is 10.8. The maximum Gasteiger partial charge on any atom is 0.150 e. The number of nitrogens with zero attached hydrogens (tertiary/aromatic N) is 2. The number of benzene rings is 4. The number of rotatable bonds is 6. The van der Waals surface area contributed by atoms with Crippen molar-refractivity contribution in [3.8, 4) is 0 Å². The van der Waals surface area contributed by atoms with Crippen molar-refractivity contribution < 1.29 is 0 Å². The third kappa shape index (κ3) is 4.20.